The highest BCUT2D eigenvalue weighted by atomic mass is 19.1. The number of nitrogens with zero attached hydrogens (tertiary/aromatic N) is 1. The summed E-state index contributed by atoms with van der Waals surface area (Å²) < 4.78 is 18.7. The number of fused-ring (bicyclic) bond motifs is 2. The number of ether oxygens (including phenoxy) is 1. The van der Waals surface area contributed by atoms with Gasteiger partial charge in [-0.1, -0.05) is 0 Å². The number of carbonyl (C=O) groups is 2. The SMILES string of the molecule is Nc1ccc(N2C(=O)C3CCC(O3)C2=O)cc1F. The number of nitrogens with two attached hydrogens (primary N) is 1. The second-order valence-corrected chi connectivity index (χ2v) is 4.41. The Bertz CT molecular complexity index is 524. The molecule has 2 aliphatic heterocycles. The summed E-state index contributed by atoms with van der Waals surface area (Å²) in [6.07, 6.45) is -0.117. The lowest BCUT2D eigenvalue weighted by molar-refractivity contribution is -0.146. The second-order valence-electron chi connectivity index (χ2n) is 4.41. The molecule has 5 nitrogen and oxygen atoms in total. The molecule has 0 aliphatic carbocycles. The Morgan fingerprint density at radius 3 is 2.39 bits per heavy atom. The first-order valence-corrected chi connectivity index (χ1v) is 5.66. The molecule has 3 rings (SSSR count). The van der Waals surface area contributed by atoms with Gasteiger partial charge in [0.2, 0.25) is 0 Å². The van der Waals surface area contributed by atoms with Crippen molar-refractivity contribution in [2.75, 3.05) is 10.6 Å². The summed E-state index contributed by atoms with van der Waals surface area (Å²) in [4.78, 5) is 25.0. The van der Waals surface area contributed by atoms with Crippen LogP contribution in [0.1, 0.15) is 12.8 Å². The van der Waals surface area contributed by atoms with Crippen LogP contribution in [0.25, 0.3) is 0 Å². The highest BCUT2D eigenvalue weighted by Gasteiger charge is 2.47. The van der Waals surface area contributed by atoms with Crippen molar-refractivity contribution in [2.24, 2.45) is 0 Å². The van der Waals surface area contributed by atoms with Crippen molar-refractivity contribution in [1.82, 2.24) is 0 Å². The summed E-state index contributed by atoms with van der Waals surface area (Å²) in [6.45, 7) is 0. The zero-order valence-electron chi connectivity index (χ0n) is 9.43. The van der Waals surface area contributed by atoms with Gasteiger partial charge in [-0.25, -0.2) is 9.29 Å². The summed E-state index contributed by atoms with van der Waals surface area (Å²) >= 11 is 0. The van der Waals surface area contributed by atoms with Gasteiger partial charge in [0.15, 0.2) is 0 Å². The predicted molar refractivity (Wildman–Crippen MR) is 61.2 cm³/mol. The maximum Gasteiger partial charge on any atom is 0.262 e. The van der Waals surface area contributed by atoms with Crippen molar-refractivity contribution < 1.29 is 18.7 Å². The molecule has 2 saturated heterocycles. The minimum atomic E-state index is -0.646. The van der Waals surface area contributed by atoms with Crippen molar-refractivity contribution in [3.05, 3.63) is 24.0 Å². The number of anilines is 2. The fraction of sp³-hybridized carbons (Fsp3) is 0.333. The molecule has 0 radical (unpaired) electrons. The Balaban J connectivity index is 2.02. The van der Waals surface area contributed by atoms with Gasteiger partial charge in [0.05, 0.1) is 11.4 Å². The number of benzene rings is 1. The Morgan fingerprint density at radius 2 is 1.83 bits per heavy atom. The van der Waals surface area contributed by atoms with Crippen LogP contribution in [-0.2, 0) is 14.3 Å². The van der Waals surface area contributed by atoms with Crippen LogP contribution >= 0.6 is 0 Å². The molecule has 2 unspecified atom stereocenters. The van der Waals surface area contributed by atoms with E-state index in [2.05, 4.69) is 0 Å². The van der Waals surface area contributed by atoms with Gasteiger partial charge < -0.3 is 10.5 Å². The predicted octanol–water partition coefficient (Wildman–Crippen LogP) is 0.829. The lowest BCUT2D eigenvalue weighted by atomic mass is 10.2. The number of hydrogen-bond donors (Lipinski definition) is 1. The Kier molecular flexibility index (Phi) is 2.34. The fourth-order valence-corrected chi connectivity index (χ4v) is 2.31. The molecule has 0 spiro atoms. The van der Waals surface area contributed by atoms with E-state index in [0.29, 0.717) is 12.8 Å². The molecule has 6 heteroatoms. The van der Waals surface area contributed by atoms with Gasteiger partial charge in [-0.15, -0.1) is 0 Å². The number of carbonyl (C=O) groups excluding carboxylic acids is 2. The summed E-state index contributed by atoms with van der Waals surface area (Å²) in [5.41, 5.74) is 5.55. The van der Waals surface area contributed by atoms with Crippen molar-refractivity contribution in [3.8, 4) is 0 Å². The van der Waals surface area contributed by atoms with Gasteiger partial charge in [0, 0.05) is 6.07 Å². The van der Waals surface area contributed by atoms with E-state index >= 15 is 0 Å². The highest BCUT2D eigenvalue weighted by Crippen LogP contribution is 2.32. The molecule has 1 aromatic carbocycles. The molecule has 0 saturated carbocycles. The Hall–Kier alpha value is -1.95. The molecule has 2 atom stereocenters. The lowest BCUT2D eigenvalue weighted by Crippen LogP contribution is -2.52. The number of morpholine rings is 1. The molecule has 2 aliphatic rings. The van der Waals surface area contributed by atoms with E-state index in [1.165, 1.54) is 12.1 Å². The number of imide groups is 1. The van der Waals surface area contributed by atoms with Gasteiger partial charge in [0.1, 0.15) is 18.0 Å². The molecule has 94 valence electrons. The molecule has 18 heavy (non-hydrogen) atoms. The van der Waals surface area contributed by atoms with Gasteiger partial charge in [-0.05, 0) is 25.0 Å². The molecule has 2 fully saturated rings. The molecule has 1 aromatic rings. The van der Waals surface area contributed by atoms with Crippen LogP contribution < -0.4 is 10.6 Å². The fourth-order valence-electron chi connectivity index (χ4n) is 2.31. The summed E-state index contributed by atoms with van der Waals surface area (Å²) in [5.74, 6) is -1.51. The standard InChI is InChI=1S/C12H11FN2O3/c13-7-5-6(1-2-8(7)14)15-11(16)9-3-4-10(18-9)12(15)17/h1-2,5,9-10H,3-4,14H2. The average Bonchev–Trinajstić information content (AvgIpc) is 2.78. The number of nitrogen functional groups attached to an aromatic ring is 1. The van der Waals surface area contributed by atoms with Crippen LogP contribution in [0.3, 0.4) is 0 Å². The molecule has 2 N–H and O–H groups in total. The third-order valence-corrected chi connectivity index (χ3v) is 3.25. The molecule has 2 bridgehead atoms. The third-order valence-electron chi connectivity index (χ3n) is 3.25. The average molecular weight is 250 g/mol. The van der Waals surface area contributed by atoms with Crippen LogP contribution in [0.2, 0.25) is 0 Å². The first-order chi connectivity index (χ1) is 8.58. The van der Waals surface area contributed by atoms with Crippen LogP contribution in [-0.4, -0.2) is 24.0 Å². The normalized spacial score (nSPS) is 26.8. The molecular weight excluding hydrogens is 239 g/mol. The van der Waals surface area contributed by atoms with E-state index in [4.69, 9.17) is 10.5 Å². The van der Waals surface area contributed by atoms with Gasteiger partial charge in [0.25, 0.3) is 11.8 Å². The zero-order chi connectivity index (χ0) is 12.9. The Labute approximate surface area is 102 Å². The maximum absolute atomic E-state index is 13.4. The quantitative estimate of drug-likeness (QED) is 0.592. The van der Waals surface area contributed by atoms with Gasteiger partial charge in [-0.3, -0.25) is 9.59 Å². The van der Waals surface area contributed by atoms with E-state index in [1.807, 2.05) is 0 Å². The number of hydrogen-bond acceptors (Lipinski definition) is 4. The van der Waals surface area contributed by atoms with Crippen LogP contribution in [0.5, 0.6) is 0 Å². The minimum absolute atomic E-state index is 0.0186. The largest absolute Gasteiger partial charge is 0.396 e. The van der Waals surface area contributed by atoms with Gasteiger partial charge in [-0.2, -0.15) is 0 Å². The van der Waals surface area contributed by atoms with Crippen molar-refractivity contribution in [1.29, 1.82) is 0 Å². The number of halogens is 1. The number of amides is 2. The van der Waals surface area contributed by atoms with Gasteiger partial charge >= 0.3 is 0 Å². The van der Waals surface area contributed by atoms with E-state index in [1.54, 1.807) is 0 Å². The summed E-state index contributed by atoms with van der Waals surface area (Å²) in [6, 6.07) is 3.89. The third kappa shape index (κ3) is 1.49. The minimum Gasteiger partial charge on any atom is -0.396 e. The lowest BCUT2D eigenvalue weighted by Gasteiger charge is -2.29. The first kappa shape index (κ1) is 11.2. The van der Waals surface area contributed by atoms with E-state index in [0.717, 1.165) is 11.0 Å². The van der Waals surface area contributed by atoms with Crippen LogP contribution in [0.15, 0.2) is 18.2 Å². The topological polar surface area (TPSA) is 72.6 Å². The van der Waals surface area contributed by atoms with E-state index < -0.39 is 29.8 Å². The highest BCUT2D eigenvalue weighted by molar-refractivity contribution is 6.19. The summed E-state index contributed by atoms with van der Waals surface area (Å²) in [5, 5.41) is 0. The Morgan fingerprint density at radius 1 is 1.22 bits per heavy atom. The first-order valence-electron chi connectivity index (χ1n) is 5.66. The smallest absolute Gasteiger partial charge is 0.262 e. The molecule has 0 aromatic heterocycles. The second kappa shape index (κ2) is 3.78. The van der Waals surface area contributed by atoms with Crippen LogP contribution in [0, 0.1) is 5.82 Å². The van der Waals surface area contributed by atoms with Crippen molar-refractivity contribution in [2.45, 2.75) is 25.0 Å². The van der Waals surface area contributed by atoms with Crippen LogP contribution in [0.4, 0.5) is 15.8 Å². The molecule has 2 amide bonds. The van der Waals surface area contributed by atoms with Crippen molar-refractivity contribution in [3.63, 3.8) is 0 Å². The zero-order valence-corrected chi connectivity index (χ0v) is 9.43. The monoisotopic (exact) mass is 250 g/mol. The van der Waals surface area contributed by atoms with E-state index in [9.17, 15) is 14.0 Å². The van der Waals surface area contributed by atoms with E-state index in [-0.39, 0.29) is 11.4 Å². The molecule has 2 heterocycles. The molecular formula is C12H11FN2O3. The maximum atomic E-state index is 13.4. The summed E-state index contributed by atoms with van der Waals surface area (Å²) in [7, 11) is 0. The number of rotatable bonds is 1. The van der Waals surface area contributed by atoms with Crippen molar-refractivity contribution >= 4 is 23.2 Å².